The molecule has 4 nitrogen and oxygen atoms in total. The number of phenols is 1. The van der Waals surface area contributed by atoms with Crippen LogP contribution in [0.2, 0.25) is 0 Å². The van der Waals surface area contributed by atoms with Gasteiger partial charge in [-0.15, -0.1) is 0 Å². The second-order valence-corrected chi connectivity index (χ2v) is 7.60. The predicted molar refractivity (Wildman–Crippen MR) is 82.8 cm³/mol. The lowest BCUT2D eigenvalue weighted by atomic mass is 9.56. The summed E-state index contributed by atoms with van der Waals surface area (Å²) in [6.45, 7) is 2.19. The van der Waals surface area contributed by atoms with E-state index in [2.05, 4.69) is 23.2 Å². The number of carbonyl (C=O) groups excluding carboxylic acids is 1. The Hall–Kier alpha value is -1.84. The lowest BCUT2D eigenvalue weighted by molar-refractivity contribution is -0.129. The number of nitrogens with zero attached hydrogens (tertiary/aromatic N) is 1. The highest BCUT2D eigenvalue weighted by Crippen LogP contribution is 2.59. The van der Waals surface area contributed by atoms with E-state index in [9.17, 15) is 9.90 Å². The Kier molecular flexibility index (Phi) is 2.26. The van der Waals surface area contributed by atoms with E-state index in [0.29, 0.717) is 29.1 Å². The maximum absolute atomic E-state index is 12.4. The first-order valence-electron chi connectivity index (χ1n) is 8.32. The summed E-state index contributed by atoms with van der Waals surface area (Å²) in [6.07, 6.45) is 4.85. The molecule has 2 fully saturated rings. The third kappa shape index (κ3) is 1.34. The van der Waals surface area contributed by atoms with Crippen LogP contribution in [0.1, 0.15) is 49.8 Å². The summed E-state index contributed by atoms with van der Waals surface area (Å²) >= 11 is 0. The summed E-state index contributed by atoms with van der Waals surface area (Å²) in [5.74, 6) is 2.28. The van der Waals surface area contributed by atoms with Crippen molar-refractivity contribution in [3.05, 3.63) is 23.4 Å². The van der Waals surface area contributed by atoms with Crippen LogP contribution < -0.4 is 0 Å². The Morgan fingerprint density at radius 3 is 3.09 bits per heavy atom. The highest BCUT2D eigenvalue weighted by molar-refractivity contribution is 5.91. The highest BCUT2D eigenvalue weighted by atomic mass is 16.3. The van der Waals surface area contributed by atoms with Crippen LogP contribution in [-0.2, 0) is 11.2 Å². The van der Waals surface area contributed by atoms with E-state index in [0.717, 1.165) is 43.2 Å². The van der Waals surface area contributed by atoms with Crippen LogP contribution in [0.3, 0.4) is 0 Å². The third-order valence-corrected chi connectivity index (χ3v) is 6.78. The maximum atomic E-state index is 12.4. The van der Waals surface area contributed by atoms with E-state index in [4.69, 9.17) is 0 Å². The number of fused-ring (bicyclic) bond motifs is 4. The molecule has 1 heterocycles. The van der Waals surface area contributed by atoms with Gasteiger partial charge in [0.1, 0.15) is 17.0 Å². The molecule has 0 saturated heterocycles. The molecule has 3 aliphatic rings. The fraction of sp³-hybridized carbons (Fsp3) is 0.556. The molecule has 0 spiro atoms. The van der Waals surface area contributed by atoms with Crippen molar-refractivity contribution < 1.29 is 9.90 Å². The van der Waals surface area contributed by atoms with Crippen molar-refractivity contribution in [2.24, 2.45) is 17.3 Å². The van der Waals surface area contributed by atoms with Gasteiger partial charge in [-0.25, -0.2) is 0 Å². The Morgan fingerprint density at radius 1 is 1.36 bits per heavy atom. The van der Waals surface area contributed by atoms with Crippen LogP contribution in [0.15, 0.2) is 12.1 Å². The van der Waals surface area contributed by atoms with Crippen LogP contribution in [0, 0.1) is 17.3 Å². The standard InChI is InChI=1S/C18H20N2O2/c1-18-7-6-9-10-2-4-14(21)17-16(10)13(19-20-17)8-11(9)12(18)3-5-15(18)22/h2,4,9,11-12,21H,3,5-8H2,1H3,(H,19,20)/t9-,11-,12+,18+/m1/s1. The Balaban J connectivity index is 1.68. The SMILES string of the molecule is C[C@]12CC[C@@H]3c4ccc(O)c5n[nH]c(c45)C[C@H]3[C@@H]1CCC2=O. The molecule has 0 bridgehead atoms. The molecule has 2 N–H and O–H groups in total. The predicted octanol–water partition coefficient (Wildman–Crippen LogP) is 3.30. The van der Waals surface area contributed by atoms with Gasteiger partial charge in [-0.3, -0.25) is 9.89 Å². The molecule has 2 aromatic rings. The Bertz CT molecular complexity index is 809. The normalized spacial score (nSPS) is 36.4. The van der Waals surface area contributed by atoms with Crippen LogP contribution in [-0.4, -0.2) is 21.1 Å². The lowest BCUT2D eigenvalue weighted by Crippen LogP contribution is -2.42. The molecule has 3 aliphatic carbocycles. The number of benzene rings is 1. The number of hydrogen-bond acceptors (Lipinski definition) is 3. The van der Waals surface area contributed by atoms with Crippen LogP contribution in [0.25, 0.3) is 10.9 Å². The summed E-state index contributed by atoms with van der Waals surface area (Å²) in [5.41, 5.74) is 3.08. The van der Waals surface area contributed by atoms with Crippen molar-refractivity contribution in [1.29, 1.82) is 0 Å². The van der Waals surface area contributed by atoms with E-state index < -0.39 is 0 Å². The molecule has 2 saturated carbocycles. The molecule has 0 aliphatic heterocycles. The Labute approximate surface area is 128 Å². The number of phenolic OH excluding ortho intramolecular Hbond substituents is 1. The minimum Gasteiger partial charge on any atom is -0.506 e. The number of nitrogens with one attached hydrogen (secondary N) is 1. The first-order chi connectivity index (χ1) is 10.6. The number of aromatic hydroxyl groups is 1. The van der Waals surface area contributed by atoms with Gasteiger partial charge in [0.2, 0.25) is 0 Å². The smallest absolute Gasteiger partial charge is 0.143 e. The summed E-state index contributed by atoms with van der Waals surface area (Å²) in [5, 5.41) is 18.6. The first-order valence-corrected chi connectivity index (χ1v) is 8.32. The average Bonchev–Trinajstić information content (AvgIpc) is 3.06. The van der Waals surface area contributed by atoms with Crippen LogP contribution >= 0.6 is 0 Å². The molecule has 0 amide bonds. The topological polar surface area (TPSA) is 66.0 Å². The molecule has 22 heavy (non-hydrogen) atoms. The molecule has 4 atom stereocenters. The summed E-state index contributed by atoms with van der Waals surface area (Å²) < 4.78 is 0. The number of H-pyrrole nitrogens is 1. The molecule has 1 aromatic carbocycles. The van der Waals surface area contributed by atoms with Gasteiger partial charge >= 0.3 is 0 Å². The molecule has 114 valence electrons. The zero-order valence-electron chi connectivity index (χ0n) is 12.7. The number of ketones is 1. The second kappa shape index (κ2) is 3.92. The van der Waals surface area contributed by atoms with Gasteiger partial charge in [-0.05, 0) is 55.1 Å². The molecule has 1 aromatic heterocycles. The quantitative estimate of drug-likeness (QED) is 0.784. The van der Waals surface area contributed by atoms with Crippen LogP contribution in [0.4, 0.5) is 0 Å². The van der Waals surface area contributed by atoms with Gasteiger partial charge in [0, 0.05) is 22.9 Å². The van der Waals surface area contributed by atoms with Crippen molar-refractivity contribution in [2.75, 3.05) is 0 Å². The number of rotatable bonds is 0. The number of Topliss-reactive ketones (excluding diaryl/α,β-unsaturated/α-hetero) is 1. The molecule has 0 radical (unpaired) electrons. The van der Waals surface area contributed by atoms with Gasteiger partial charge in [0.25, 0.3) is 0 Å². The zero-order chi connectivity index (χ0) is 15.1. The maximum Gasteiger partial charge on any atom is 0.143 e. The molecular formula is C18H20N2O2. The van der Waals surface area contributed by atoms with E-state index in [1.807, 2.05) is 0 Å². The minimum atomic E-state index is -0.102. The lowest BCUT2D eigenvalue weighted by Gasteiger charge is -2.47. The van der Waals surface area contributed by atoms with E-state index in [1.54, 1.807) is 6.07 Å². The molecule has 4 heteroatoms. The first kappa shape index (κ1) is 12.7. The average molecular weight is 296 g/mol. The van der Waals surface area contributed by atoms with Gasteiger partial charge in [0.15, 0.2) is 0 Å². The summed E-state index contributed by atoms with van der Waals surface area (Å²) in [7, 11) is 0. The van der Waals surface area contributed by atoms with Gasteiger partial charge < -0.3 is 5.11 Å². The highest BCUT2D eigenvalue weighted by Gasteiger charge is 2.55. The number of aromatic nitrogens is 2. The molecule has 0 unspecified atom stereocenters. The van der Waals surface area contributed by atoms with Crippen molar-refractivity contribution in [3.63, 3.8) is 0 Å². The fourth-order valence-corrected chi connectivity index (χ4v) is 5.63. The number of carbonyl (C=O) groups is 1. The van der Waals surface area contributed by atoms with Crippen molar-refractivity contribution >= 4 is 16.7 Å². The van der Waals surface area contributed by atoms with Crippen molar-refractivity contribution in [1.82, 2.24) is 10.2 Å². The van der Waals surface area contributed by atoms with Crippen molar-refractivity contribution in [3.8, 4) is 5.75 Å². The minimum absolute atomic E-state index is 0.102. The van der Waals surface area contributed by atoms with Crippen LogP contribution in [0.5, 0.6) is 5.75 Å². The molecular weight excluding hydrogens is 276 g/mol. The zero-order valence-corrected chi connectivity index (χ0v) is 12.7. The van der Waals surface area contributed by atoms with E-state index >= 15 is 0 Å². The van der Waals surface area contributed by atoms with E-state index in [-0.39, 0.29) is 11.2 Å². The fourth-order valence-electron chi connectivity index (χ4n) is 5.63. The largest absolute Gasteiger partial charge is 0.506 e. The van der Waals surface area contributed by atoms with Gasteiger partial charge in [-0.1, -0.05) is 13.0 Å². The number of hydrogen-bond donors (Lipinski definition) is 2. The monoisotopic (exact) mass is 296 g/mol. The number of aromatic amines is 1. The van der Waals surface area contributed by atoms with Crippen molar-refractivity contribution in [2.45, 2.75) is 44.9 Å². The summed E-state index contributed by atoms with van der Waals surface area (Å²) in [6, 6.07) is 3.85. The van der Waals surface area contributed by atoms with Gasteiger partial charge in [0.05, 0.1) is 0 Å². The third-order valence-electron chi connectivity index (χ3n) is 6.78. The van der Waals surface area contributed by atoms with Gasteiger partial charge in [-0.2, -0.15) is 5.10 Å². The second-order valence-electron chi connectivity index (χ2n) is 7.60. The Morgan fingerprint density at radius 2 is 2.23 bits per heavy atom. The van der Waals surface area contributed by atoms with E-state index in [1.165, 1.54) is 5.56 Å². The summed E-state index contributed by atoms with van der Waals surface area (Å²) in [4.78, 5) is 12.4. The molecule has 5 rings (SSSR count).